The molecule has 0 spiro atoms. The van der Waals surface area contributed by atoms with Crippen LogP contribution in [-0.2, 0) is 24.1 Å². The molecule has 0 unspecified atom stereocenters. The maximum atomic E-state index is 11.7. The van der Waals surface area contributed by atoms with Crippen molar-refractivity contribution in [2.75, 3.05) is 5.32 Å². The predicted octanol–water partition coefficient (Wildman–Crippen LogP) is 6.22. The SMILES string of the molecule is CCCc1ccc(-c2nn(-c3ccccc3Br)c3c2CCCc2nc(NC(C)=O)sc2-3)cn1. The Morgan fingerprint density at radius 1 is 1.21 bits per heavy atom. The van der Waals surface area contributed by atoms with Gasteiger partial charge in [-0.05, 0) is 65.9 Å². The lowest BCUT2D eigenvalue weighted by molar-refractivity contribution is -0.114. The zero-order valence-corrected chi connectivity index (χ0v) is 21.0. The van der Waals surface area contributed by atoms with E-state index in [1.165, 1.54) is 23.8 Å². The van der Waals surface area contributed by atoms with Crippen LogP contribution in [0, 0.1) is 0 Å². The summed E-state index contributed by atoms with van der Waals surface area (Å²) < 4.78 is 2.99. The molecular formula is C25H24BrN5OS. The van der Waals surface area contributed by atoms with E-state index >= 15 is 0 Å². The average molecular weight is 522 g/mol. The summed E-state index contributed by atoms with van der Waals surface area (Å²) in [5.41, 5.74) is 7.31. The number of amides is 1. The molecular weight excluding hydrogens is 498 g/mol. The van der Waals surface area contributed by atoms with E-state index in [0.29, 0.717) is 5.13 Å². The molecule has 168 valence electrons. The lowest BCUT2D eigenvalue weighted by Crippen LogP contribution is -2.05. The number of para-hydroxylation sites is 1. The second kappa shape index (κ2) is 9.19. The van der Waals surface area contributed by atoms with Crippen LogP contribution in [0.4, 0.5) is 5.13 Å². The van der Waals surface area contributed by atoms with Gasteiger partial charge in [0.25, 0.3) is 0 Å². The number of pyridine rings is 1. The van der Waals surface area contributed by atoms with E-state index in [9.17, 15) is 4.79 Å². The van der Waals surface area contributed by atoms with Crippen LogP contribution in [0.1, 0.15) is 43.6 Å². The highest BCUT2D eigenvalue weighted by Crippen LogP contribution is 2.43. The average Bonchev–Trinajstić information content (AvgIpc) is 3.31. The molecule has 0 aliphatic heterocycles. The number of anilines is 1. The molecule has 1 aliphatic carbocycles. The number of halogens is 1. The summed E-state index contributed by atoms with van der Waals surface area (Å²) in [5, 5.41) is 8.61. The van der Waals surface area contributed by atoms with E-state index in [1.807, 2.05) is 29.1 Å². The number of hydrogen-bond donors (Lipinski definition) is 1. The summed E-state index contributed by atoms with van der Waals surface area (Å²) in [7, 11) is 0. The molecule has 0 atom stereocenters. The predicted molar refractivity (Wildman–Crippen MR) is 136 cm³/mol. The monoisotopic (exact) mass is 521 g/mol. The third-order valence-corrected chi connectivity index (χ3v) is 7.39. The van der Waals surface area contributed by atoms with Crippen molar-refractivity contribution in [3.05, 3.63) is 64.0 Å². The Bertz CT molecular complexity index is 1330. The van der Waals surface area contributed by atoms with Crippen LogP contribution in [0.3, 0.4) is 0 Å². The Labute approximate surface area is 205 Å². The summed E-state index contributed by atoms with van der Waals surface area (Å²) in [6.07, 6.45) is 6.73. The van der Waals surface area contributed by atoms with Gasteiger partial charge in [0.2, 0.25) is 5.91 Å². The topological polar surface area (TPSA) is 72.7 Å². The van der Waals surface area contributed by atoms with Crippen molar-refractivity contribution < 1.29 is 4.79 Å². The summed E-state index contributed by atoms with van der Waals surface area (Å²) in [4.78, 5) is 22.2. The molecule has 5 rings (SSSR count). The van der Waals surface area contributed by atoms with Gasteiger partial charge in [0, 0.05) is 34.4 Å². The highest BCUT2D eigenvalue weighted by Gasteiger charge is 2.29. The fraction of sp³-hybridized carbons (Fsp3) is 0.280. The van der Waals surface area contributed by atoms with Crippen molar-refractivity contribution in [1.82, 2.24) is 19.7 Å². The number of fused-ring (bicyclic) bond motifs is 3. The van der Waals surface area contributed by atoms with Crippen molar-refractivity contribution in [2.24, 2.45) is 0 Å². The molecule has 1 N–H and O–H groups in total. The van der Waals surface area contributed by atoms with Crippen molar-refractivity contribution in [3.8, 4) is 27.5 Å². The number of benzene rings is 1. The van der Waals surface area contributed by atoms with Crippen LogP contribution in [-0.4, -0.2) is 25.7 Å². The fourth-order valence-corrected chi connectivity index (χ4v) is 5.83. The molecule has 8 heteroatoms. The second-order valence-corrected chi connectivity index (χ2v) is 10.0. The molecule has 1 aromatic carbocycles. The minimum Gasteiger partial charge on any atom is -0.302 e. The van der Waals surface area contributed by atoms with Crippen molar-refractivity contribution in [3.63, 3.8) is 0 Å². The van der Waals surface area contributed by atoms with E-state index in [0.717, 1.165) is 75.5 Å². The van der Waals surface area contributed by atoms with Crippen LogP contribution in [0.25, 0.3) is 27.5 Å². The quantitative estimate of drug-likeness (QED) is 0.338. The van der Waals surface area contributed by atoms with Crippen LogP contribution >= 0.6 is 27.3 Å². The normalized spacial score (nSPS) is 12.7. The zero-order chi connectivity index (χ0) is 22.9. The number of rotatable bonds is 5. The van der Waals surface area contributed by atoms with E-state index in [4.69, 9.17) is 10.1 Å². The van der Waals surface area contributed by atoms with Gasteiger partial charge in [-0.25, -0.2) is 9.67 Å². The van der Waals surface area contributed by atoms with Crippen molar-refractivity contribution in [1.29, 1.82) is 0 Å². The molecule has 33 heavy (non-hydrogen) atoms. The molecule has 1 amide bonds. The molecule has 0 bridgehead atoms. The van der Waals surface area contributed by atoms with Crippen LogP contribution in [0.5, 0.6) is 0 Å². The maximum absolute atomic E-state index is 11.7. The van der Waals surface area contributed by atoms with E-state index in [2.05, 4.69) is 51.4 Å². The van der Waals surface area contributed by atoms with Gasteiger partial charge >= 0.3 is 0 Å². The van der Waals surface area contributed by atoms with Gasteiger partial charge in [-0.1, -0.05) is 36.8 Å². The lowest BCUT2D eigenvalue weighted by Gasteiger charge is -2.09. The number of nitrogens with one attached hydrogen (secondary N) is 1. The van der Waals surface area contributed by atoms with E-state index in [-0.39, 0.29) is 5.91 Å². The first-order chi connectivity index (χ1) is 16.0. The molecule has 4 aromatic rings. The zero-order valence-electron chi connectivity index (χ0n) is 18.6. The number of aromatic nitrogens is 4. The summed E-state index contributed by atoms with van der Waals surface area (Å²) in [5.74, 6) is -0.114. The Kier molecular flexibility index (Phi) is 6.12. The summed E-state index contributed by atoms with van der Waals surface area (Å²) >= 11 is 5.23. The number of hydrogen-bond acceptors (Lipinski definition) is 5. The maximum Gasteiger partial charge on any atom is 0.223 e. The molecule has 1 aliphatic rings. The van der Waals surface area contributed by atoms with Crippen LogP contribution in [0.2, 0.25) is 0 Å². The summed E-state index contributed by atoms with van der Waals surface area (Å²) in [6, 6.07) is 12.3. The van der Waals surface area contributed by atoms with Gasteiger partial charge in [-0.2, -0.15) is 5.10 Å². The van der Waals surface area contributed by atoms with Crippen molar-refractivity contribution in [2.45, 2.75) is 46.0 Å². The molecule has 0 saturated carbocycles. The van der Waals surface area contributed by atoms with Gasteiger partial charge in [-0.15, -0.1) is 0 Å². The Hall–Kier alpha value is -2.84. The van der Waals surface area contributed by atoms with Crippen LogP contribution < -0.4 is 5.32 Å². The van der Waals surface area contributed by atoms with E-state index in [1.54, 1.807) is 0 Å². The first-order valence-electron chi connectivity index (χ1n) is 11.1. The number of carbonyl (C=O) groups is 1. The van der Waals surface area contributed by atoms with E-state index < -0.39 is 0 Å². The summed E-state index contributed by atoms with van der Waals surface area (Å²) in [6.45, 7) is 3.67. The molecule has 0 radical (unpaired) electrons. The first-order valence-corrected chi connectivity index (χ1v) is 12.8. The van der Waals surface area contributed by atoms with Gasteiger partial charge in [0.15, 0.2) is 5.13 Å². The highest BCUT2D eigenvalue weighted by atomic mass is 79.9. The second-order valence-electron chi connectivity index (χ2n) is 8.16. The molecule has 3 heterocycles. The van der Waals surface area contributed by atoms with Crippen LogP contribution in [0.15, 0.2) is 47.1 Å². The number of carbonyl (C=O) groups excluding carboxylic acids is 1. The third-order valence-electron chi connectivity index (χ3n) is 5.70. The number of aryl methyl sites for hydroxylation is 2. The Balaban J connectivity index is 1.73. The molecule has 0 saturated heterocycles. The molecule has 3 aromatic heterocycles. The minimum atomic E-state index is -0.114. The van der Waals surface area contributed by atoms with Gasteiger partial charge < -0.3 is 5.32 Å². The largest absolute Gasteiger partial charge is 0.302 e. The van der Waals surface area contributed by atoms with Gasteiger partial charge in [0.05, 0.1) is 27.6 Å². The fourth-order valence-electron chi connectivity index (χ4n) is 4.26. The lowest BCUT2D eigenvalue weighted by atomic mass is 10.0. The first kappa shape index (κ1) is 22.0. The number of thiazole rings is 1. The highest BCUT2D eigenvalue weighted by molar-refractivity contribution is 9.10. The third kappa shape index (κ3) is 4.25. The standard InChI is InChI=1S/C25H24BrN5OS/c1-3-7-17-13-12-16(14-27-17)22-18-8-6-10-20-24(33-25(29-20)28-15(2)32)23(18)31(30-22)21-11-5-4-9-19(21)26/h4-5,9,11-14H,3,6-8,10H2,1-2H3,(H,28,29,32). The Morgan fingerprint density at radius 3 is 2.79 bits per heavy atom. The van der Waals surface area contributed by atoms with Crippen molar-refractivity contribution >= 4 is 38.3 Å². The Morgan fingerprint density at radius 2 is 2.06 bits per heavy atom. The molecule has 0 fully saturated rings. The smallest absolute Gasteiger partial charge is 0.223 e. The minimum absolute atomic E-state index is 0.114. The van der Waals surface area contributed by atoms with Gasteiger partial charge in [-0.3, -0.25) is 9.78 Å². The number of nitrogens with zero attached hydrogens (tertiary/aromatic N) is 4. The molecule has 6 nitrogen and oxygen atoms in total. The van der Waals surface area contributed by atoms with Gasteiger partial charge in [0.1, 0.15) is 0 Å².